The molecule has 0 aliphatic heterocycles. The number of aryl methyl sites for hydroxylation is 1. The van der Waals surface area contributed by atoms with Gasteiger partial charge in [-0.1, -0.05) is 6.07 Å². The van der Waals surface area contributed by atoms with Crippen LogP contribution >= 0.6 is 0 Å². The Morgan fingerprint density at radius 2 is 2.00 bits per heavy atom. The molecule has 0 saturated heterocycles. The topological polar surface area (TPSA) is 92.1 Å². The van der Waals surface area contributed by atoms with Crippen molar-refractivity contribution in [2.75, 3.05) is 4.72 Å². The van der Waals surface area contributed by atoms with Crippen LogP contribution in [0.5, 0.6) is 0 Å². The first kappa shape index (κ1) is 17.3. The van der Waals surface area contributed by atoms with Gasteiger partial charge in [0.25, 0.3) is 10.0 Å². The Labute approximate surface area is 150 Å². The SMILES string of the molecule is Cc1cnc2c(NS(=O)(=O)c3c[nH]c4cc(C(F)(F)F)ccc34)cnn2c1. The number of fused-ring (bicyclic) bond motifs is 2. The average Bonchev–Trinajstić information content (AvgIpc) is 3.17. The highest BCUT2D eigenvalue weighted by Crippen LogP contribution is 2.33. The highest BCUT2D eigenvalue weighted by molar-refractivity contribution is 7.93. The van der Waals surface area contributed by atoms with E-state index in [1.54, 1.807) is 12.4 Å². The zero-order chi connectivity index (χ0) is 19.4. The number of halogens is 3. The molecular formula is C16H12F3N5O2S. The maximum Gasteiger partial charge on any atom is 0.416 e. The number of H-pyrrole nitrogens is 1. The second kappa shape index (κ2) is 5.71. The van der Waals surface area contributed by atoms with E-state index in [0.29, 0.717) is 5.65 Å². The van der Waals surface area contributed by atoms with E-state index in [1.807, 2.05) is 6.92 Å². The van der Waals surface area contributed by atoms with Crippen molar-refractivity contribution >= 4 is 32.3 Å². The molecule has 3 aromatic heterocycles. The molecule has 0 radical (unpaired) electrons. The number of benzene rings is 1. The molecule has 0 fully saturated rings. The highest BCUT2D eigenvalue weighted by Gasteiger charge is 2.31. The minimum absolute atomic E-state index is 0.0683. The van der Waals surface area contributed by atoms with Crippen molar-refractivity contribution in [2.45, 2.75) is 18.0 Å². The molecule has 4 rings (SSSR count). The van der Waals surface area contributed by atoms with E-state index in [4.69, 9.17) is 0 Å². The summed E-state index contributed by atoms with van der Waals surface area (Å²) >= 11 is 0. The fraction of sp³-hybridized carbons (Fsp3) is 0.125. The van der Waals surface area contributed by atoms with Gasteiger partial charge in [-0.15, -0.1) is 0 Å². The first-order valence-corrected chi connectivity index (χ1v) is 9.14. The third kappa shape index (κ3) is 2.99. The third-order valence-electron chi connectivity index (χ3n) is 3.99. The Bertz CT molecular complexity index is 1270. The lowest BCUT2D eigenvalue weighted by molar-refractivity contribution is -0.137. The van der Waals surface area contributed by atoms with Gasteiger partial charge in [-0.2, -0.15) is 18.3 Å². The molecular weight excluding hydrogens is 383 g/mol. The maximum atomic E-state index is 12.8. The summed E-state index contributed by atoms with van der Waals surface area (Å²) in [6.07, 6.45) is 1.20. The van der Waals surface area contributed by atoms with E-state index >= 15 is 0 Å². The average molecular weight is 395 g/mol. The van der Waals surface area contributed by atoms with E-state index in [-0.39, 0.29) is 21.5 Å². The quantitative estimate of drug-likeness (QED) is 0.557. The number of hydrogen-bond donors (Lipinski definition) is 2. The van der Waals surface area contributed by atoms with Crippen molar-refractivity contribution in [1.82, 2.24) is 19.6 Å². The first-order valence-electron chi connectivity index (χ1n) is 7.66. The Balaban J connectivity index is 1.75. The maximum absolute atomic E-state index is 12.8. The van der Waals surface area contributed by atoms with Crippen LogP contribution in [0.2, 0.25) is 0 Å². The van der Waals surface area contributed by atoms with E-state index in [2.05, 4.69) is 19.8 Å². The molecule has 0 aliphatic rings. The fourth-order valence-electron chi connectivity index (χ4n) is 2.74. The molecule has 3 heterocycles. The number of aromatic amines is 1. The third-order valence-corrected chi connectivity index (χ3v) is 5.40. The number of aromatic nitrogens is 4. The second-order valence-corrected chi connectivity index (χ2v) is 7.63. The van der Waals surface area contributed by atoms with Crippen molar-refractivity contribution in [2.24, 2.45) is 0 Å². The van der Waals surface area contributed by atoms with Crippen LogP contribution in [-0.4, -0.2) is 28.0 Å². The highest BCUT2D eigenvalue weighted by atomic mass is 32.2. The van der Waals surface area contributed by atoms with Crippen LogP contribution in [0.15, 0.2) is 47.9 Å². The van der Waals surface area contributed by atoms with Gasteiger partial charge in [0, 0.05) is 29.5 Å². The van der Waals surface area contributed by atoms with Crippen LogP contribution in [0.3, 0.4) is 0 Å². The molecule has 27 heavy (non-hydrogen) atoms. The Morgan fingerprint density at radius 3 is 2.74 bits per heavy atom. The molecule has 0 saturated carbocycles. The second-order valence-electron chi connectivity index (χ2n) is 5.97. The normalized spacial score (nSPS) is 12.7. The summed E-state index contributed by atoms with van der Waals surface area (Å²) in [5.74, 6) is 0. The molecule has 0 spiro atoms. The lowest BCUT2D eigenvalue weighted by atomic mass is 10.1. The van der Waals surface area contributed by atoms with Gasteiger partial charge in [0.15, 0.2) is 5.65 Å². The van der Waals surface area contributed by atoms with Crippen LogP contribution < -0.4 is 4.72 Å². The zero-order valence-corrected chi connectivity index (χ0v) is 14.6. The van der Waals surface area contributed by atoms with E-state index in [0.717, 1.165) is 30.0 Å². The van der Waals surface area contributed by atoms with Gasteiger partial charge in [-0.3, -0.25) is 4.72 Å². The van der Waals surface area contributed by atoms with Crippen LogP contribution in [0.4, 0.5) is 18.9 Å². The molecule has 140 valence electrons. The Hall–Kier alpha value is -3.08. The van der Waals surface area contributed by atoms with Gasteiger partial charge >= 0.3 is 6.18 Å². The van der Waals surface area contributed by atoms with Gasteiger partial charge in [0.05, 0.1) is 11.8 Å². The summed E-state index contributed by atoms with van der Waals surface area (Å²) in [4.78, 5) is 6.55. The van der Waals surface area contributed by atoms with Crippen LogP contribution in [0.1, 0.15) is 11.1 Å². The van der Waals surface area contributed by atoms with Gasteiger partial charge < -0.3 is 4.98 Å². The van der Waals surface area contributed by atoms with Crippen molar-refractivity contribution in [1.29, 1.82) is 0 Å². The molecule has 1 aromatic carbocycles. The molecule has 0 bridgehead atoms. The molecule has 0 unspecified atom stereocenters. The van der Waals surface area contributed by atoms with Crippen molar-refractivity contribution in [3.63, 3.8) is 0 Å². The van der Waals surface area contributed by atoms with Gasteiger partial charge in [-0.25, -0.2) is 17.9 Å². The molecule has 0 amide bonds. The first-order chi connectivity index (χ1) is 12.6. The molecule has 7 nitrogen and oxygen atoms in total. The Kier molecular flexibility index (Phi) is 3.67. The summed E-state index contributed by atoms with van der Waals surface area (Å²) in [6, 6.07) is 2.84. The number of nitrogens with zero attached hydrogens (tertiary/aromatic N) is 3. The summed E-state index contributed by atoms with van der Waals surface area (Å²) in [6.45, 7) is 1.82. The molecule has 0 aliphatic carbocycles. The minimum atomic E-state index is -4.52. The monoisotopic (exact) mass is 395 g/mol. The van der Waals surface area contributed by atoms with Crippen molar-refractivity contribution in [3.05, 3.63) is 54.1 Å². The minimum Gasteiger partial charge on any atom is -0.360 e. The number of rotatable bonds is 3. The Morgan fingerprint density at radius 1 is 1.22 bits per heavy atom. The van der Waals surface area contributed by atoms with E-state index in [9.17, 15) is 21.6 Å². The standard InChI is InChI=1S/C16H12F3N5O2S/c1-9-5-21-15-13(6-22-24(15)8-9)23-27(25,26)14-7-20-12-4-10(16(17,18)19)2-3-11(12)14/h2-8,20,23H,1H3. The van der Waals surface area contributed by atoms with Crippen LogP contribution in [0.25, 0.3) is 16.6 Å². The van der Waals surface area contributed by atoms with E-state index in [1.165, 1.54) is 10.7 Å². The van der Waals surface area contributed by atoms with Crippen LogP contribution in [0, 0.1) is 6.92 Å². The predicted octanol–water partition coefficient (Wildman–Crippen LogP) is 3.34. The van der Waals surface area contributed by atoms with Crippen molar-refractivity contribution < 1.29 is 21.6 Å². The van der Waals surface area contributed by atoms with Gasteiger partial charge in [0.1, 0.15) is 10.6 Å². The number of anilines is 1. The lowest BCUT2D eigenvalue weighted by Crippen LogP contribution is -2.12. The zero-order valence-electron chi connectivity index (χ0n) is 13.7. The van der Waals surface area contributed by atoms with Gasteiger partial charge in [-0.05, 0) is 24.6 Å². The summed E-state index contributed by atoms with van der Waals surface area (Å²) < 4.78 is 67.8. The number of sulfonamides is 1. The largest absolute Gasteiger partial charge is 0.416 e. The smallest absolute Gasteiger partial charge is 0.360 e. The van der Waals surface area contributed by atoms with E-state index < -0.39 is 21.8 Å². The number of nitrogens with one attached hydrogen (secondary N) is 2. The number of alkyl halides is 3. The van der Waals surface area contributed by atoms with Gasteiger partial charge in [0.2, 0.25) is 0 Å². The van der Waals surface area contributed by atoms with Crippen LogP contribution in [-0.2, 0) is 16.2 Å². The summed E-state index contributed by atoms with van der Waals surface area (Å²) in [5, 5.41) is 4.19. The predicted molar refractivity (Wildman–Crippen MR) is 91.8 cm³/mol. The van der Waals surface area contributed by atoms with Crippen molar-refractivity contribution in [3.8, 4) is 0 Å². The fourth-order valence-corrected chi connectivity index (χ4v) is 3.96. The molecule has 11 heteroatoms. The summed E-state index contributed by atoms with van der Waals surface area (Å²) in [5.41, 5.74) is 0.520. The lowest BCUT2D eigenvalue weighted by Gasteiger charge is -2.07. The number of hydrogen-bond acceptors (Lipinski definition) is 4. The molecule has 0 atom stereocenters. The molecule has 2 N–H and O–H groups in total. The summed E-state index contributed by atoms with van der Waals surface area (Å²) in [7, 11) is -4.07. The molecule has 4 aromatic rings.